The smallest absolute Gasteiger partial charge is 0.0581 e. The monoisotopic (exact) mass is 221 g/mol. The average Bonchev–Trinajstić information content (AvgIpc) is 2.30. The van der Waals surface area contributed by atoms with E-state index in [9.17, 15) is 0 Å². The fraction of sp³-hybridized carbons (Fsp3) is 0.571. The van der Waals surface area contributed by atoms with Gasteiger partial charge in [0.1, 0.15) is 0 Å². The van der Waals surface area contributed by atoms with Crippen molar-refractivity contribution < 1.29 is 5.11 Å². The molecule has 0 aliphatic heterocycles. The summed E-state index contributed by atoms with van der Waals surface area (Å²) in [4.78, 5) is 0. The molecule has 0 radical (unpaired) electrons. The van der Waals surface area contributed by atoms with Crippen molar-refractivity contribution in [2.45, 2.75) is 32.7 Å². The maximum Gasteiger partial charge on any atom is 0.0581 e. The van der Waals surface area contributed by atoms with E-state index in [4.69, 9.17) is 5.11 Å². The topological polar surface area (TPSA) is 32.3 Å². The zero-order valence-corrected chi connectivity index (χ0v) is 10.5. The summed E-state index contributed by atoms with van der Waals surface area (Å²) in [6, 6.07) is 10.7. The zero-order chi connectivity index (χ0) is 12.0. The van der Waals surface area contributed by atoms with Crippen LogP contribution in [0.1, 0.15) is 32.3 Å². The Kier molecular flexibility index (Phi) is 5.50. The molecule has 0 bridgehead atoms. The summed E-state index contributed by atoms with van der Waals surface area (Å²) in [5.41, 5.74) is 1.37. The van der Waals surface area contributed by atoms with Crippen molar-refractivity contribution in [3.63, 3.8) is 0 Å². The van der Waals surface area contributed by atoms with Crippen LogP contribution in [0.5, 0.6) is 0 Å². The van der Waals surface area contributed by atoms with E-state index in [-0.39, 0.29) is 12.6 Å². The van der Waals surface area contributed by atoms with Gasteiger partial charge in [-0.1, -0.05) is 44.2 Å². The Labute approximate surface area is 98.7 Å². The molecule has 16 heavy (non-hydrogen) atoms. The van der Waals surface area contributed by atoms with Gasteiger partial charge in [-0.3, -0.25) is 0 Å². The van der Waals surface area contributed by atoms with Gasteiger partial charge >= 0.3 is 0 Å². The summed E-state index contributed by atoms with van der Waals surface area (Å²) in [7, 11) is 0. The number of aliphatic hydroxyl groups excluding tert-OH is 1. The minimum atomic E-state index is 0.171. The molecule has 2 unspecified atom stereocenters. The molecule has 90 valence electrons. The molecule has 0 aliphatic rings. The van der Waals surface area contributed by atoms with Crippen LogP contribution in [-0.2, 0) is 0 Å². The van der Waals surface area contributed by atoms with Crippen molar-refractivity contribution in [1.82, 2.24) is 5.32 Å². The van der Waals surface area contributed by atoms with Gasteiger partial charge in [0.05, 0.1) is 6.61 Å². The fourth-order valence-electron chi connectivity index (χ4n) is 1.83. The molecule has 2 N–H and O–H groups in total. The predicted molar refractivity (Wildman–Crippen MR) is 68.6 cm³/mol. The number of rotatable bonds is 6. The summed E-state index contributed by atoms with van der Waals surface area (Å²) in [5, 5.41) is 12.4. The standard InChI is InChI=1S/C14H23NO/c1-11(2)14(9-15-12(3)10-16)13-7-5-4-6-8-13/h4-8,11-12,14-16H,9-10H2,1-3H3. The van der Waals surface area contributed by atoms with Crippen LogP contribution in [0.3, 0.4) is 0 Å². The van der Waals surface area contributed by atoms with Gasteiger partial charge in [0.2, 0.25) is 0 Å². The van der Waals surface area contributed by atoms with Crippen molar-refractivity contribution in [3.05, 3.63) is 35.9 Å². The van der Waals surface area contributed by atoms with Crippen molar-refractivity contribution in [2.24, 2.45) is 5.92 Å². The SMILES string of the molecule is CC(CO)NCC(c1ccccc1)C(C)C. The third-order valence-electron chi connectivity index (χ3n) is 2.99. The lowest BCUT2D eigenvalue weighted by molar-refractivity contribution is 0.247. The molecule has 2 heteroatoms. The molecule has 0 spiro atoms. The molecule has 1 aromatic carbocycles. The maximum atomic E-state index is 8.99. The van der Waals surface area contributed by atoms with Gasteiger partial charge in [0, 0.05) is 12.6 Å². The van der Waals surface area contributed by atoms with Gasteiger partial charge in [0.15, 0.2) is 0 Å². The average molecular weight is 221 g/mol. The Bertz CT molecular complexity index is 284. The van der Waals surface area contributed by atoms with Gasteiger partial charge in [-0.15, -0.1) is 0 Å². The van der Waals surface area contributed by atoms with Crippen LogP contribution in [0, 0.1) is 5.92 Å². The van der Waals surface area contributed by atoms with Gasteiger partial charge in [0.25, 0.3) is 0 Å². The molecule has 1 aromatic rings. The Balaban J connectivity index is 2.62. The van der Waals surface area contributed by atoms with Crippen LogP contribution in [0.25, 0.3) is 0 Å². The summed E-state index contributed by atoms with van der Waals surface area (Å²) in [6.07, 6.45) is 0. The Morgan fingerprint density at radius 1 is 1.12 bits per heavy atom. The Morgan fingerprint density at radius 2 is 1.75 bits per heavy atom. The van der Waals surface area contributed by atoms with E-state index < -0.39 is 0 Å². The number of aliphatic hydroxyl groups is 1. The van der Waals surface area contributed by atoms with Crippen LogP contribution >= 0.6 is 0 Å². The second kappa shape index (κ2) is 6.66. The minimum absolute atomic E-state index is 0.171. The summed E-state index contributed by atoms with van der Waals surface area (Å²) < 4.78 is 0. The molecule has 0 aliphatic carbocycles. The van der Waals surface area contributed by atoms with Crippen molar-refractivity contribution in [1.29, 1.82) is 0 Å². The number of nitrogens with one attached hydrogen (secondary N) is 1. The minimum Gasteiger partial charge on any atom is -0.395 e. The maximum absolute atomic E-state index is 8.99. The van der Waals surface area contributed by atoms with Crippen LogP contribution < -0.4 is 5.32 Å². The van der Waals surface area contributed by atoms with Crippen molar-refractivity contribution >= 4 is 0 Å². The molecule has 0 heterocycles. The molecule has 2 atom stereocenters. The molecule has 0 fully saturated rings. The third kappa shape index (κ3) is 3.95. The lowest BCUT2D eigenvalue weighted by Crippen LogP contribution is -2.34. The molecule has 0 saturated carbocycles. The van der Waals surface area contributed by atoms with Gasteiger partial charge in [-0.25, -0.2) is 0 Å². The van der Waals surface area contributed by atoms with Crippen molar-refractivity contribution in [3.8, 4) is 0 Å². The highest BCUT2D eigenvalue weighted by atomic mass is 16.3. The predicted octanol–water partition coefficient (Wildman–Crippen LogP) is 2.40. The fourth-order valence-corrected chi connectivity index (χ4v) is 1.83. The Morgan fingerprint density at radius 3 is 2.25 bits per heavy atom. The van der Waals surface area contributed by atoms with Crippen LogP contribution in [0.15, 0.2) is 30.3 Å². The quantitative estimate of drug-likeness (QED) is 0.773. The number of benzene rings is 1. The van der Waals surface area contributed by atoms with Gasteiger partial charge in [-0.05, 0) is 24.3 Å². The number of hydrogen-bond donors (Lipinski definition) is 2. The van der Waals surface area contributed by atoms with E-state index in [0.717, 1.165) is 6.54 Å². The first-order valence-corrected chi connectivity index (χ1v) is 6.04. The number of hydrogen-bond acceptors (Lipinski definition) is 2. The van der Waals surface area contributed by atoms with Gasteiger partial charge < -0.3 is 10.4 Å². The Hall–Kier alpha value is -0.860. The molecule has 0 aromatic heterocycles. The van der Waals surface area contributed by atoms with Crippen LogP contribution in [0.4, 0.5) is 0 Å². The van der Waals surface area contributed by atoms with E-state index >= 15 is 0 Å². The lowest BCUT2D eigenvalue weighted by Gasteiger charge is -2.23. The highest BCUT2D eigenvalue weighted by Gasteiger charge is 2.15. The molecular weight excluding hydrogens is 198 g/mol. The van der Waals surface area contributed by atoms with E-state index in [1.165, 1.54) is 5.56 Å². The first kappa shape index (κ1) is 13.2. The first-order chi connectivity index (χ1) is 7.65. The van der Waals surface area contributed by atoms with E-state index in [2.05, 4.69) is 43.4 Å². The normalized spacial score (nSPS) is 15.1. The third-order valence-corrected chi connectivity index (χ3v) is 2.99. The van der Waals surface area contributed by atoms with E-state index in [1.807, 2.05) is 13.0 Å². The summed E-state index contributed by atoms with van der Waals surface area (Å²) in [6.45, 7) is 7.59. The molecule has 2 nitrogen and oxygen atoms in total. The first-order valence-electron chi connectivity index (χ1n) is 6.04. The largest absolute Gasteiger partial charge is 0.395 e. The zero-order valence-electron chi connectivity index (χ0n) is 10.5. The van der Waals surface area contributed by atoms with E-state index in [0.29, 0.717) is 11.8 Å². The van der Waals surface area contributed by atoms with Crippen molar-refractivity contribution in [2.75, 3.05) is 13.2 Å². The lowest BCUT2D eigenvalue weighted by atomic mass is 9.88. The highest BCUT2D eigenvalue weighted by Crippen LogP contribution is 2.23. The summed E-state index contributed by atoms with van der Waals surface area (Å²) >= 11 is 0. The molecular formula is C14H23NO. The highest BCUT2D eigenvalue weighted by molar-refractivity contribution is 5.20. The van der Waals surface area contributed by atoms with E-state index in [1.54, 1.807) is 0 Å². The molecule has 1 rings (SSSR count). The second-order valence-corrected chi connectivity index (χ2v) is 4.75. The second-order valence-electron chi connectivity index (χ2n) is 4.75. The van der Waals surface area contributed by atoms with Crippen LogP contribution in [0.2, 0.25) is 0 Å². The molecule has 0 amide bonds. The van der Waals surface area contributed by atoms with Crippen LogP contribution in [-0.4, -0.2) is 24.3 Å². The molecule has 0 saturated heterocycles. The summed E-state index contributed by atoms with van der Waals surface area (Å²) in [5.74, 6) is 1.11. The van der Waals surface area contributed by atoms with Gasteiger partial charge in [-0.2, -0.15) is 0 Å².